The third-order valence-corrected chi connectivity index (χ3v) is 10.1. The standard InChI is InChI=1S/C36H25N3S/c1-2-12-22(13-3-1)33-25-16-6-9-19-28(25)37-36(38-33)39-29-20-10-7-17-26(29)31-23-14-4-5-15-24(23)32-27-18-8-11-21-30(27)40-35(32)34(31)39/h1-4,6-14,16-21,32,35H,5,15H2. The Hall–Kier alpha value is -4.41. The van der Waals surface area contributed by atoms with E-state index in [0.717, 1.165) is 41.0 Å². The smallest absolute Gasteiger partial charge is 0.235 e. The van der Waals surface area contributed by atoms with E-state index < -0.39 is 0 Å². The number of thioether (sulfide) groups is 1. The van der Waals surface area contributed by atoms with Crippen molar-refractivity contribution < 1.29 is 0 Å². The summed E-state index contributed by atoms with van der Waals surface area (Å²) in [6, 6.07) is 36.7. The molecule has 4 aromatic carbocycles. The molecule has 3 heterocycles. The Morgan fingerprint density at radius 3 is 2.45 bits per heavy atom. The van der Waals surface area contributed by atoms with Gasteiger partial charge in [-0.3, -0.25) is 4.57 Å². The molecule has 3 nitrogen and oxygen atoms in total. The van der Waals surface area contributed by atoms with Crippen LogP contribution in [0.5, 0.6) is 0 Å². The highest BCUT2D eigenvalue weighted by Gasteiger charge is 2.45. The van der Waals surface area contributed by atoms with Crippen LogP contribution in [-0.2, 0) is 0 Å². The Bertz CT molecular complexity index is 2050. The van der Waals surface area contributed by atoms with Gasteiger partial charge in [0, 0.05) is 38.4 Å². The molecular weight excluding hydrogens is 506 g/mol. The second-order valence-electron chi connectivity index (χ2n) is 10.8. The second-order valence-corrected chi connectivity index (χ2v) is 12.0. The van der Waals surface area contributed by atoms with Crippen LogP contribution in [0.3, 0.4) is 0 Å². The number of hydrogen-bond donors (Lipinski definition) is 0. The molecule has 6 aromatic rings. The molecule has 9 rings (SSSR count). The summed E-state index contributed by atoms with van der Waals surface area (Å²) >= 11 is 2.01. The number of para-hydroxylation sites is 2. The first-order valence-corrected chi connectivity index (χ1v) is 14.9. The van der Waals surface area contributed by atoms with E-state index in [4.69, 9.17) is 9.97 Å². The summed E-state index contributed by atoms with van der Waals surface area (Å²) in [5, 5.41) is 2.63. The van der Waals surface area contributed by atoms with Crippen LogP contribution >= 0.6 is 11.8 Å². The van der Waals surface area contributed by atoms with Crippen LogP contribution in [0.25, 0.3) is 44.6 Å². The molecular formula is C36H25N3S. The SMILES string of the molecule is C1=CC2=C(CC1)C1c3ccccc3SC1c1c2c2ccccc2n1-c1nc(-c2ccccc2)c2ccccc2n1. The lowest BCUT2D eigenvalue weighted by Crippen LogP contribution is -2.19. The van der Waals surface area contributed by atoms with Crippen molar-refractivity contribution in [2.75, 3.05) is 0 Å². The summed E-state index contributed by atoms with van der Waals surface area (Å²) < 4.78 is 2.38. The average Bonchev–Trinajstić information content (AvgIpc) is 3.58. The van der Waals surface area contributed by atoms with Gasteiger partial charge in [0.15, 0.2) is 0 Å². The average molecular weight is 532 g/mol. The highest BCUT2D eigenvalue weighted by Crippen LogP contribution is 2.64. The highest BCUT2D eigenvalue weighted by molar-refractivity contribution is 8.00. The van der Waals surface area contributed by atoms with Crippen LogP contribution in [0, 0.1) is 0 Å². The van der Waals surface area contributed by atoms with Gasteiger partial charge < -0.3 is 0 Å². The Balaban J connectivity index is 1.40. The number of aromatic nitrogens is 3. The fraction of sp³-hybridized carbons (Fsp3) is 0.111. The number of rotatable bonds is 2. The molecule has 4 heteroatoms. The molecule has 40 heavy (non-hydrogen) atoms. The zero-order valence-corrected chi connectivity index (χ0v) is 22.6. The number of fused-ring (bicyclic) bond motifs is 10. The normalized spacial score (nSPS) is 19.0. The van der Waals surface area contributed by atoms with E-state index in [9.17, 15) is 0 Å². The van der Waals surface area contributed by atoms with E-state index in [-0.39, 0.29) is 5.25 Å². The Labute approximate surface area is 236 Å². The summed E-state index contributed by atoms with van der Waals surface area (Å²) in [5.41, 5.74) is 11.4. The zero-order chi connectivity index (χ0) is 26.2. The van der Waals surface area contributed by atoms with Gasteiger partial charge in [0.1, 0.15) is 0 Å². The molecule has 2 atom stereocenters. The molecule has 2 aromatic heterocycles. The van der Waals surface area contributed by atoms with Crippen molar-refractivity contribution in [3.05, 3.63) is 138 Å². The van der Waals surface area contributed by atoms with Gasteiger partial charge in [0.25, 0.3) is 0 Å². The number of nitrogens with zero attached hydrogens (tertiary/aromatic N) is 3. The Morgan fingerprint density at radius 1 is 0.750 bits per heavy atom. The molecule has 0 amide bonds. The summed E-state index contributed by atoms with van der Waals surface area (Å²) in [6.45, 7) is 0. The van der Waals surface area contributed by atoms with Gasteiger partial charge in [0.05, 0.1) is 22.0 Å². The maximum Gasteiger partial charge on any atom is 0.235 e. The molecule has 0 fully saturated rings. The fourth-order valence-electron chi connectivity index (χ4n) is 7.05. The maximum atomic E-state index is 5.35. The van der Waals surface area contributed by atoms with Gasteiger partial charge >= 0.3 is 0 Å². The molecule has 0 saturated carbocycles. The molecule has 3 aliphatic rings. The summed E-state index contributed by atoms with van der Waals surface area (Å²) in [7, 11) is 0. The van der Waals surface area contributed by atoms with Gasteiger partial charge in [-0.25, -0.2) is 9.97 Å². The lowest BCUT2D eigenvalue weighted by atomic mass is 9.74. The first-order chi connectivity index (χ1) is 19.9. The number of allylic oxidation sites excluding steroid dienone is 4. The van der Waals surface area contributed by atoms with Crippen LogP contribution in [0.15, 0.2) is 126 Å². The van der Waals surface area contributed by atoms with E-state index in [1.807, 2.05) is 11.8 Å². The Morgan fingerprint density at radius 2 is 1.52 bits per heavy atom. The van der Waals surface area contributed by atoms with Gasteiger partial charge in [-0.1, -0.05) is 103 Å². The molecule has 190 valence electrons. The van der Waals surface area contributed by atoms with Crippen LogP contribution in [-0.4, -0.2) is 14.5 Å². The summed E-state index contributed by atoms with van der Waals surface area (Å²) in [6.07, 6.45) is 6.96. The third kappa shape index (κ3) is 3.08. The Kier molecular flexibility index (Phi) is 4.79. The van der Waals surface area contributed by atoms with Gasteiger partial charge in [-0.2, -0.15) is 0 Å². The van der Waals surface area contributed by atoms with Gasteiger partial charge in [-0.05, 0) is 42.2 Å². The van der Waals surface area contributed by atoms with Gasteiger partial charge in [0.2, 0.25) is 5.95 Å². The van der Waals surface area contributed by atoms with Crippen molar-refractivity contribution in [1.29, 1.82) is 0 Å². The monoisotopic (exact) mass is 531 g/mol. The van der Waals surface area contributed by atoms with Crippen molar-refractivity contribution in [3.63, 3.8) is 0 Å². The summed E-state index contributed by atoms with van der Waals surface area (Å²) in [5.74, 6) is 1.11. The number of hydrogen-bond acceptors (Lipinski definition) is 3. The molecule has 0 radical (unpaired) electrons. The van der Waals surface area contributed by atoms with E-state index in [2.05, 4.69) is 120 Å². The van der Waals surface area contributed by atoms with E-state index in [0.29, 0.717) is 5.92 Å². The van der Waals surface area contributed by atoms with Crippen LogP contribution < -0.4 is 0 Å². The summed E-state index contributed by atoms with van der Waals surface area (Å²) in [4.78, 5) is 12.0. The predicted molar refractivity (Wildman–Crippen MR) is 165 cm³/mol. The zero-order valence-electron chi connectivity index (χ0n) is 21.8. The maximum absolute atomic E-state index is 5.35. The minimum atomic E-state index is 0.278. The fourth-order valence-corrected chi connectivity index (χ4v) is 8.60. The van der Waals surface area contributed by atoms with Crippen LogP contribution in [0.1, 0.15) is 40.8 Å². The lowest BCUT2D eigenvalue weighted by molar-refractivity contribution is 0.689. The minimum absolute atomic E-state index is 0.278. The number of benzene rings is 4. The molecule has 2 aliphatic carbocycles. The van der Waals surface area contributed by atoms with Crippen LogP contribution in [0.4, 0.5) is 0 Å². The topological polar surface area (TPSA) is 30.7 Å². The highest BCUT2D eigenvalue weighted by atomic mass is 32.2. The van der Waals surface area contributed by atoms with Crippen molar-refractivity contribution in [1.82, 2.24) is 14.5 Å². The third-order valence-electron chi connectivity index (χ3n) is 8.69. The first-order valence-electron chi connectivity index (χ1n) is 14.0. The van der Waals surface area contributed by atoms with Gasteiger partial charge in [-0.15, -0.1) is 11.8 Å². The van der Waals surface area contributed by atoms with Crippen LogP contribution in [0.2, 0.25) is 0 Å². The van der Waals surface area contributed by atoms with Crippen molar-refractivity contribution >= 4 is 39.1 Å². The second kappa shape index (κ2) is 8.54. The van der Waals surface area contributed by atoms with Crippen molar-refractivity contribution in [2.24, 2.45) is 0 Å². The molecule has 2 unspecified atom stereocenters. The predicted octanol–water partition coefficient (Wildman–Crippen LogP) is 9.29. The molecule has 0 bridgehead atoms. The minimum Gasteiger partial charge on any atom is -0.280 e. The van der Waals surface area contributed by atoms with Crippen molar-refractivity contribution in [3.8, 4) is 17.2 Å². The molecule has 0 N–H and O–H groups in total. The van der Waals surface area contributed by atoms with E-state index in [1.165, 1.54) is 38.2 Å². The first kappa shape index (κ1) is 22.4. The molecule has 1 aliphatic heterocycles. The largest absolute Gasteiger partial charge is 0.280 e. The van der Waals surface area contributed by atoms with E-state index >= 15 is 0 Å². The molecule has 0 saturated heterocycles. The van der Waals surface area contributed by atoms with E-state index in [1.54, 1.807) is 5.57 Å². The lowest BCUT2D eigenvalue weighted by Gasteiger charge is -2.33. The quantitative estimate of drug-likeness (QED) is 0.223. The molecule has 0 spiro atoms. The van der Waals surface area contributed by atoms with Crippen molar-refractivity contribution in [2.45, 2.75) is 28.9 Å².